The van der Waals surface area contributed by atoms with Gasteiger partial charge in [0.1, 0.15) is 0 Å². The van der Waals surface area contributed by atoms with E-state index in [1.54, 1.807) is 0 Å². The van der Waals surface area contributed by atoms with Crippen molar-refractivity contribution in [2.75, 3.05) is 0 Å². The molecule has 0 fully saturated rings. The standard InChI is InChI=1S/C15H14F3NO/c1-8-4-9(2)14(10(3)5-8)12-6-11(15(16,17)18)7-13(20)19-12/h4-7H,1-3H3,(H,19,20). The van der Waals surface area contributed by atoms with E-state index in [4.69, 9.17) is 0 Å². The first kappa shape index (κ1) is 14.4. The molecule has 0 atom stereocenters. The Balaban J connectivity index is 2.71. The number of hydrogen-bond donors (Lipinski definition) is 1. The van der Waals surface area contributed by atoms with E-state index < -0.39 is 17.3 Å². The Morgan fingerprint density at radius 2 is 1.50 bits per heavy atom. The highest BCUT2D eigenvalue weighted by molar-refractivity contribution is 5.68. The van der Waals surface area contributed by atoms with E-state index >= 15 is 0 Å². The molecule has 20 heavy (non-hydrogen) atoms. The van der Waals surface area contributed by atoms with Crippen molar-refractivity contribution in [1.29, 1.82) is 0 Å². The van der Waals surface area contributed by atoms with Gasteiger partial charge in [0.05, 0.1) is 5.56 Å². The number of H-pyrrole nitrogens is 1. The summed E-state index contributed by atoms with van der Waals surface area (Å²) < 4.78 is 38.3. The fourth-order valence-corrected chi connectivity index (χ4v) is 2.45. The van der Waals surface area contributed by atoms with Gasteiger partial charge in [0, 0.05) is 17.3 Å². The molecule has 0 bridgehead atoms. The van der Waals surface area contributed by atoms with Crippen LogP contribution in [0.15, 0.2) is 29.1 Å². The minimum Gasteiger partial charge on any atom is -0.322 e. The molecule has 0 radical (unpaired) electrons. The van der Waals surface area contributed by atoms with Crippen molar-refractivity contribution in [3.05, 3.63) is 56.9 Å². The van der Waals surface area contributed by atoms with E-state index in [0.29, 0.717) is 11.6 Å². The van der Waals surface area contributed by atoms with Crippen molar-refractivity contribution in [2.24, 2.45) is 0 Å². The van der Waals surface area contributed by atoms with Crippen LogP contribution in [0.4, 0.5) is 13.2 Å². The topological polar surface area (TPSA) is 32.9 Å². The summed E-state index contributed by atoms with van der Waals surface area (Å²) in [5.41, 5.74) is 1.83. The van der Waals surface area contributed by atoms with Crippen LogP contribution in [0.1, 0.15) is 22.3 Å². The number of pyridine rings is 1. The molecule has 1 aromatic carbocycles. The summed E-state index contributed by atoms with van der Waals surface area (Å²) >= 11 is 0. The zero-order valence-electron chi connectivity index (χ0n) is 11.4. The molecule has 0 amide bonds. The van der Waals surface area contributed by atoms with Crippen LogP contribution in [-0.4, -0.2) is 4.98 Å². The summed E-state index contributed by atoms with van der Waals surface area (Å²) in [4.78, 5) is 13.9. The maximum Gasteiger partial charge on any atom is 0.416 e. The van der Waals surface area contributed by atoms with Gasteiger partial charge >= 0.3 is 6.18 Å². The van der Waals surface area contributed by atoms with Gasteiger partial charge in [0.2, 0.25) is 5.56 Å². The maximum atomic E-state index is 12.8. The maximum absolute atomic E-state index is 12.8. The normalized spacial score (nSPS) is 11.7. The van der Waals surface area contributed by atoms with Crippen LogP contribution in [0, 0.1) is 20.8 Å². The van der Waals surface area contributed by atoms with Crippen LogP contribution in [0.2, 0.25) is 0 Å². The summed E-state index contributed by atoms with van der Waals surface area (Å²) in [5.74, 6) is 0. The molecule has 1 aromatic heterocycles. The lowest BCUT2D eigenvalue weighted by Gasteiger charge is -2.13. The third-order valence-electron chi connectivity index (χ3n) is 3.12. The van der Waals surface area contributed by atoms with Crippen molar-refractivity contribution in [3.63, 3.8) is 0 Å². The molecule has 0 aliphatic rings. The molecule has 5 heteroatoms. The van der Waals surface area contributed by atoms with Gasteiger partial charge in [-0.15, -0.1) is 0 Å². The van der Waals surface area contributed by atoms with Gasteiger partial charge in [0.15, 0.2) is 0 Å². The van der Waals surface area contributed by atoms with Gasteiger partial charge in [-0.2, -0.15) is 13.2 Å². The number of nitrogens with one attached hydrogen (secondary N) is 1. The first-order valence-electron chi connectivity index (χ1n) is 6.08. The molecule has 0 aliphatic carbocycles. The van der Waals surface area contributed by atoms with Gasteiger partial charge in [-0.25, -0.2) is 0 Å². The minimum absolute atomic E-state index is 0.194. The lowest BCUT2D eigenvalue weighted by atomic mass is 9.96. The number of rotatable bonds is 1. The van der Waals surface area contributed by atoms with E-state index in [-0.39, 0.29) is 5.69 Å². The third-order valence-corrected chi connectivity index (χ3v) is 3.12. The average molecular weight is 281 g/mol. The molecule has 1 heterocycles. The number of aryl methyl sites for hydroxylation is 3. The summed E-state index contributed by atoms with van der Waals surface area (Å²) in [6.45, 7) is 5.54. The second-order valence-corrected chi connectivity index (χ2v) is 4.92. The Kier molecular flexibility index (Phi) is 3.46. The molecule has 0 spiro atoms. The Morgan fingerprint density at radius 3 is 2.00 bits per heavy atom. The van der Waals surface area contributed by atoms with E-state index in [2.05, 4.69) is 4.98 Å². The smallest absolute Gasteiger partial charge is 0.322 e. The number of aromatic amines is 1. The molecule has 1 N–H and O–H groups in total. The number of aromatic nitrogens is 1. The van der Waals surface area contributed by atoms with Gasteiger partial charge in [0.25, 0.3) is 0 Å². The largest absolute Gasteiger partial charge is 0.416 e. The second-order valence-electron chi connectivity index (χ2n) is 4.92. The van der Waals surface area contributed by atoms with Gasteiger partial charge in [-0.05, 0) is 38.0 Å². The van der Waals surface area contributed by atoms with Crippen LogP contribution in [0.25, 0.3) is 11.3 Å². The second kappa shape index (κ2) is 4.81. The molecule has 106 valence electrons. The number of halogens is 3. The Bertz CT molecular complexity index is 691. The Hall–Kier alpha value is -2.04. The van der Waals surface area contributed by atoms with Crippen LogP contribution >= 0.6 is 0 Å². The van der Waals surface area contributed by atoms with Crippen molar-refractivity contribution in [2.45, 2.75) is 26.9 Å². The molecule has 0 saturated heterocycles. The number of benzene rings is 1. The zero-order valence-corrected chi connectivity index (χ0v) is 11.4. The summed E-state index contributed by atoms with van der Waals surface area (Å²) in [6.07, 6.45) is -4.53. The Morgan fingerprint density at radius 1 is 0.950 bits per heavy atom. The van der Waals surface area contributed by atoms with E-state index in [0.717, 1.165) is 22.8 Å². The number of hydrogen-bond acceptors (Lipinski definition) is 1. The lowest BCUT2D eigenvalue weighted by molar-refractivity contribution is -0.137. The van der Waals surface area contributed by atoms with Crippen LogP contribution < -0.4 is 5.56 Å². The first-order valence-corrected chi connectivity index (χ1v) is 6.08. The SMILES string of the molecule is Cc1cc(C)c(-c2cc(C(F)(F)F)cc(=O)[nH]2)c(C)c1. The monoisotopic (exact) mass is 281 g/mol. The quantitative estimate of drug-likeness (QED) is 0.842. The predicted molar refractivity (Wildman–Crippen MR) is 71.7 cm³/mol. The first-order chi connectivity index (χ1) is 9.18. The number of alkyl halides is 3. The van der Waals surface area contributed by atoms with Crippen LogP contribution in [-0.2, 0) is 6.18 Å². The van der Waals surface area contributed by atoms with Crippen molar-refractivity contribution in [3.8, 4) is 11.3 Å². The highest BCUT2D eigenvalue weighted by Crippen LogP contribution is 2.32. The highest BCUT2D eigenvalue weighted by atomic mass is 19.4. The van der Waals surface area contributed by atoms with Crippen molar-refractivity contribution < 1.29 is 13.2 Å². The van der Waals surface area contributed by atoms with Crippen molar-refractivity contribution in [1.82, 2.24) is 4.98 Å². The molecule has 2 aromatic rings. The fourth-order valence-electron chi connectivity index (χ4n) is 2.45. The third kappa shape index (κ3) is 2.76. The molecule has 0 aliphatic heterocycles. The zero-order chi connectivity index (χ0) is 15.1. The molecule has 2 rings (SSSR count). The highest BCUT2D eigenvalue weighted by Gasteiger charge is 2.31. The van der Waals surface area contributed by atoms with Gasteiger partial charge < -0.3 is 4.98 Å². The summed E-state index contributed by atoms with van der Waals surface area (Å²) in [5, 5.41) is 0. The molecule has 0 unspecified atom stereocenters. The molecular weight excluding hydrogens is 267 g/mol. The lowest BCUT2D eigenvalue weighted by Crippen LogP contribution is -2.14. The van der Waals surface area contributed by atoms with Gasteiger partial charge in [-0.1, -0.05) is 17.7 Å². The minimum atomic E-state index is -4.53. The van der Waals surface area contributed by atoms with Crippen LogP contribution in [0.5, 0.6) is 0 Å². The van der Waals surface area contributed by atoms with Gasteiger partial charge in [-0.3, -0.25) is 4.79 Å². The van der Waals surface area contributed by atoms with Crippen molar-refractivity contribution >= 4 is 0 Å². The molecule has 0 saturated carbocycles. The predicted octanol–water partition coefficient (Wildman–Crippen LogP) is 3.99. The van der Waals surface area contributed by atoms with E-state index in [9.17, 15) is 18.0 Å². The fraction of sp³-hybridized carbons (Fsp3) is 0.267. The Labute approximate surface area is 114 Å². The molecular formula is C15H14F3NO. The summed E-state index contributed by atoms with van der Waals surface area (Å²) in [7, 11) is 0. The average Bonchev–Trinajstić information content (AvgIpc) is 2.25. The van der Waals surface area contributed by atoms with E-state index in [1.807, 2.05) is 32.9 Å². The van der Waals surface area contributed by atoms with E-state index in [1.165, 1.54) is 0 Å². The van der Waals surface area contributed by atoms with Crippen LogP contribution in [0.3, 0.4) is 0 Å². The molecule has 2 nitrogen and oxygen atoms in total. The summed E-state index contributed by atoms with van der Waals surface area (Å²) in [6, 6.07) is 5.30.